The summed E-state index contributed by atoms with van der Waals surface area (Å²) in [5, 5.41) is 2.98. The lowest BCUT2D eigenvalue weighted by Crippen LogP contribution is -2.26. The number of benzene rings is 1. The molecule has 1 aliphatic carbocycles. The van der Waals surface area contributed by atoms with Gasteiger partial charge in [-0.25, -0.2) is 0 Å². The Bertz CT molecular complexity index is 360. The maximum atomic E-state index is 11.4. The van der Waals surface area contributed by atoms with Gasteiger partial charge >= 0.3 is 0 Å². The normalized spacial score (nSPS) is 15.0. The Balaban J connectivity index is 1.81. The Hall–Kier alpha value is -0.960. The van der Waals surface area contributed by atoms with Gasteiger partial charge in [0.1, 0.15) is 0 Å². The smallest absolute Gasteiger partial charge is 0.230 e. The summed E-state index contributed by atoms with van der Waals surface area (Å²) in [6.07, 6.45) is 2.31. The van der Waals surface area contributed by atoms with Gasteiger partial charge in [0.15, 0.2) is 0 Å². The Morgan fingerprint density at radius 3 is 2.87 bits per heavy atom. The van der Waals surface area contributed by atoms with Crippen LogP contribution in [0, 0.1) is 6.92 Å². The van der Waals surface area contributed by atoms with Gasteiger partial charge in [0.25, 0.3) is 0 Å². The van der Waals surface area contributed by atoms with Gasteiger partial charge < -0.3 is 5.32 Å². The van der Waals surface area contributed by atoms with Crippen molar-refractivity contribution in [1.82, 2.24) is 5.32 Å². The number of hydrogen-bond donors (Lipinski definition) is 1. The summed E-state index contributed by atoms with van der Waals surface area (Å²) >= 11 is 1.61. The summed E-state index contributed by atoms with van der Waals surface area (Å²) in [5.41, 5.74) is 1.24. The molecule has 0 radical (unpaired) electrons. The molecule has 1 aromatic carbocycles. The van der Waals surface area contributed by atoms with E-state index in [1.165, 1.54) is 10.5 Å². The van der Waals surface area contributed by atoms with E-state index in [2.05, 4.69) is 24.4 Å². The van der Waals surface area contributed by atoms with Gasteiger partial charge in [-0.1, -0.05) is 18.2 Å². The molecule has 0 aromatic heterocycles. The third-order valence-electron chi connectivity index (χ3n) is 2.39. The molecule has 15 heavy (non-hydrogen) atoms. The van der Waals surface area contributed by atoms with Crippen LogP contribution in [0.1, 0.15) is 18.4 Å². The topological polar surface area (TPSA) is 29.1 Å². The predicted octanol–water partition coefficient (Wildman–Crippen LogP) is 2.37. The van der Waals surface area contributed by atoms with Crippen LogP contribution in [0.25, 0.3) is 0 Å². The zero-order valence-corrected chi connectivity index (χ0v) is 9.64. The Morgan fingerprint density at radius 1 is 1.47 bits per heavy atom. The first-order valence-electron chi connectivity index (χ1n) is 5.23. The zero-order chi connectivity index (χ0) is 10.7. The highest BCUT2D eigenvalue weighted by molar-refractivity contribution is 8.00. The SMILES string of the molecule is Cc1ccccc1SCC(=O)NC1CC1. The van der Waals surface area contributed by atoms with E-state index < -0.39 is 0 Å². The molecule has 0 heterocycles. The van der Waals surface area contributed by atoms with Crippen LogP contribution in [0.5, 0.6) is 0 Å². The summed E-state index contributed by atoms with van der Waals surface area (Å²) in [5.74, 6) is 0.687. The minimum Gasteiger partial charge on any atom is -0.353 e. The van der Waals surface area contributed by atoms with Crippen LogP contribution in [0.2, 0.25) is 0 Å². The Kier molecular flexibility index (Phi) is 3.31. The Labute approximate surface area is 94.4 Å². The molecular weight excluding hydrogens is 206 g/mol. The average Bonchev–Trinajstić information content (AvgIpc) is 3.00. The van der Waals surface area contributed by atoms with Gasteiger partial charge in [-0.05, 0) is 31.4 Å². The summed E-state index contributed by atoms with van der Waals surface area (Å²) in [6, 6.07) is 8.62. The molecule has 0 atom stereocenters. The van der Waals surface area contributed by atoms with Crippen LogP contribution >= 0.6 is 11.8 Å². The van der Waals surface area contributed by atoms with E-state index in [4.69, 9.17) is 0 Å². The van der Waals surface area contributed by atoms with Crippen molar-refractivity contribution in [3.63, 3.8) is 0 Å². The van der Waals surface area contributed by atoms with Crippen LogP contribution in [-0.2, 0) is 4.79 Å². The second-order valence-electron chi connectivity index (χ2n) is 3.90. The van der Waals surface area contributed by atoms with Crippen molar-refractivity contribution < 1.29 is 4.79 Å². The molecule has 2 nitrogen and oxygen atoms in total. The van der Waals surface area contributed by atoms with Crippen LogP contribution in [-0.4, -0.2) is 17.7 Å². The van der Waals surface area contributed by atoms with E-state index >= 15 is 0 Å². The lowest BCUT2D eigenvalue weighted by molar-refractivity contribution is -0.118. The van der Waals surface area contributed by atoms with Crippen molar-refractivity contribution in [2.45, 2.75) is 30.7 Å². The molecule has 1 fully saturated rings. The molecule has 0 saturated heterocycles. The van der Waals surface area contributed by atoms with E-state index in [9.17, 15) is 4.79 Å². The maximum absolute atomic E-state index is 11.4. The number of nitrogens with one attached hydrogen (secondary N) is 1. The molecule has 0 aliphatic heterocycles. The molecular formula is C12H15NOS. The number of carbonyl (C=O) groups excluding carboxylic acids is 1. The maximum Gasteiger partial charge on any atom is 0.230 e. The van der Waals surface area contributed by atoms with Crippen molar-refractivity contribution in [3.8, 4) is 0 Å². The lowest BCUT2D eigenvalue weighted by atomic mass is 10.2. The van der Waals surface area contributed by atoms with Crippen LogP contribution in [0.3, 0.4) is 0 Å². The molecule has 0 unspecified atom stereocenters. The van der Waals surface area contributed by atoms with E-state index in [0.717, 1.165) is 12.8 Å². The highest BCUT2D eigenvalue weighted by Gasteiger charge is 2.22. The Morgan fingerprint density at radius 2 is 2.20 bits per heavy atom. The van der Waals surface area contributed by atoms with E-state index in [-0.39, 0.29) is 5.91 Å². The van der Waals surface area contributed by atoms with Crippen molar-refractivity contribution >= 4 is 17.7 Å². The van der Waals surface area contributed by atoms with E-state index in [0.29, 0.717) is 11.8 Å². The first kappa shape index (κ1) is 10.6. The monoisotopic (exact) mass is 221 g/mol. The number of amides is 1. The molecule has 1 saturated carbocycles. The quantitative estimate of drug-likeness (QED) is 0.791. The minimum absolute atomic E-state index is 0.158. The second-order valence-corrected chi connectivity index (χ2v) is 4.91. The largest absolute Gasteiger partial charge is 0.353 e. The molecule has 1 aliphatic rings. The number of thioether (sulfide) groups is 1. The lowest BCUT2D eigenvalue weighted by Gasteiger charge is -2.05. The standard InChI is InChI=1S/C12H15NOS/c1-9-4-2-3-5-11(9)15-8-12(14)13-10-6-7-10/h2-5,10H,6-8H2,1H3,(H,13,14). The number of rotatable bonds is 4. The first-order valence-corrected chi connectivity index (χ1v) is 6.22. The third-order valence-corrected chi connectivity index (χ3v) is 3.57. The average molecular weight is 221 g/mol. The molecule has 2 rings (SSSR count). The molecule has 3 heteroatoms. The van der Waals surface area contributed by atoms with Crippen LogP contribution in [0.4, 0.5) is 0 Å². The summed E-state index contributed by atoms with van der Waals surface area (Å²) in [4.78, 5) is 12.6. The fraction of sp³-hybridized carbons (Fsp3) is 0.417. The predicted molar refractivity (Wildman–Crippen MR) is 63.1 cm³/mol. The van der Waals surface area contributed by atoms with Gasteiger partial charge in [0.2, 0.25) is 5.91 Å². The molecule has 1 N–H and O–H groups in total. The van der Waals surface area contributed by atoms with Gasteiger partial charge in [0, 0.05) is 10.9 Å². The van der Waals surface area contributed by atoms with E-state index in [1.807, 2.05) is 12.1 Å². The number of carbonyl (C=O) groups is 1. The minimum atomic E-state index is 0.158. The summed E-state index contributed by atoms with van der Waals surface area (Å²) in [6.45, 7) is 2.07. The highest BCUT2D eigenvalue weighted by Crippen LogP contribution is 2.22. The molecule has 0 spiro atoms. The molecule has 0 bridgehead atoms. The third kappa shape index (κ3) is 3.27. The van der Waals surface area contributed by atoms with Crippen molar-refractivity contribution in [3.05, 3.63) is 29.8 Å². The number of hydrogen-bond acceptors (Lipinski definition) is 2. The van der Waals surface area contributed by atoms with Gasteiger partial charge in [-0.3, -0.25) is 4.79 Å². The molecule has 1 amide bonds. The number of aryl methyl sites for hydroxylation is 1. The molecule has 80 valence electrons. The fourth-order valence-corrected chi connectivity index (χ4v) is 2.20. The highest BCUT2D eigenvalue weighted by atomic mass is 32.2. The van der Waals surface area contributed by atoms with Crippen molar-refractivity contribution in [2.24, 2.45) is 0 Å². The first-order chi connectivity index (χ1) is 7.25. The van der Waals surface area contributed by atoms with Crippen LogP contribution in [0.15, 0.2) is 29.2 Å². The van der Waals surface area contributed by atoms with Crippen molar-refractivity contribution in [2.75, 3.05) is 5.75 Å². The second kappa shape index (κ2) is 4.71. The van der Waals surface area contributed by atoms with Gasteiger partial charge in [0.05, 0.1) is 5.75 Å². The van der Waals surface area contributed by atoms with Gasteiger partial charge in [-0.15, -0.1) is 11.8 Å². The van der Waals surface area contributed by atoms with Crippen LogP contribution < -0.4 is 5.32 Å². The van der Waals surface area contributed by atoms with E-state index in [1.54, 1.807) is 11.8 Å². The summed E-state index contributed by atoms with van der Waals surface area (Å²) in [7, 11) is 0. The van der Waals surface area contributed by atoms with Crippen molar-refractivity contribution in [1.29, 1.82) is 0 Å². The van der Waals surface area contributed by atoms with Gasteiger partial charge in [-0.2, -0.15) is 0 Å². The fourth-order valence-electron chi connectivity index (χ4n) is 1.36. The molecule has 1 aromatic rings. The summed E-state index contributed by atoms with van der Waals surface area (Å²) < 4.78 is 0. The zero-order valence-electron chi connectivity index (χ0n) is 8.82.